The minimum atomic E-state index is -0.191. The van der Waals surface area contributed by atoms with Gasteiger partial charge in [-0.1, -0.05) is 23.7 Å². The second-order valence-corrected chi connectivity index (χ2v) is 5.74. The molecule has 0 saturated carbocycles. The molecule has 0 fully saturated rings. The monoisotopic (exact) mass is 345 g/mol. The summed E-state index contributed by atoms with van der Waals surface area (Å²) >= 11 is 5.94. The maximum absolute atomic E-state index is 12.1. The molecule has 0 aliphatic heterocycles. The first-order chi connectivity index (χ1) is 11.5. The summed E-state index contributed by atoms with van der Waals surface area (Å²) in [6.45, 7) is 4.42. The largest absolute Gasteiger partial charge is 0.376 e. The van der Waals surface area contributed by atoms with Crippen LogP contribution in [-0.2, 0) is 4.79 Å². The molecule has 5 nitrogen and oxygen atoms in total. The zero-order chi connectivity index (χ0) is 17.5. The molecule has 2 rings (SSSR count). The van der Waals surface area contributed by atoms with E-state index >= 15 is 0 Å². The number of hydrogen-bond acceptors (Lipinski definition) is 3. The number of rotatable bonds is 6. The van der Waals surface area contributed by atoms with Crippen LogP contribution in [0.25, 0.3) is 0 Å². The van der Waals surface area contributed by atoms with Gasteiger partial charge >= 0.3 is 0 Å². The van der Waals surface area contributed by atoms with Crippen LogP contribution in [0.3, 0.4) is 0 Å². The number of nitrogens with one attached hydrogen (secondary N) is 3. The quantitative estimate of drug-likeness (QED) is 0.751. The molecular formula is C18H20ClN3O2. The molecule has 0 unspecified atom stereocenters. The van der Waals surface area contributed by atoms with E-state index in [0.29, 0.717) is 28.5 Å². The minimum absolute atomic E-state index is 0.0881. The number of aryl methyl sites for hydroxylation is 1. The second kappa shape index (κ2) is 8.36. The number of halogens is 1. The third-order valence-electron chi connectivity index (χ3n) is 3.39. The Kier molecular flexibility index (Phi) is 6.21. The van der Waals surface area contributed by atoms with E-state index in [1.54, 1.807) is 36.4 Å². The Balaban J connectivity index is 1.95. The number of amides is 2. The molecule has 3 N–H and O–H groups in total. The average molecular weight is 346 g/mol. The fraction of sp³-hybridized carbons (Fsp3) is 0.222. The molecule has 0 radical (unpaired) electrons. The van der Waals surface area contributed by atoms with Crippen LogP contribution in [-0.4, -0.2) is 24.9 Å². The summed E-state index contributed by atoms with van der Waals surface area (Å²) in [7, 11) is 0. The molecule has 0 saturated heterocycles. The van der Waals surface area contributed by atoms with Gasteiger partial charge in [0.25, 0.3) is 5.91 Å². The summed E-state index contributed by atoms with van der Waals surface area (Å²) in [6.07, 6.45) is 0. The van der Waals surface area contributed by atoms with Gasteiger partial charge in [-0.25, -0.2) is 0 Å². The van der Waals surface area contributed by atoms with E-state index in [1.165, 1.54) is 0 Å². The highest BCUT2D eigenvalue weighted by molar-refractivity contribution is 6.31. The Labute approximate surface area is 146 Å². The van der Waals surface area contributed by atoms with Gasteiger partial charge in [-0.2, -0.15) is 0 Å². The molecular weight excluding hydrogens is 326 g/mol. The minimum Gasteiger partial charge on any atom is -0.376 e. The van der Waals surface area contributed by atoms with E-state index in [4.69, 9.17) is 11.6 Å². The lowest BCUT2D eigenvalue weighted by atomic mass is 10.2. The molecule has 126 valence electrons. The predicted molar refractivity (Wildman–Crippen MR) is 97.8 cm³/mol. The van der Waals surface area contributed by atoms with E-state index in [0.717, 1.165) is 5.56 Å². The summed E-state index contributed by atoms with van der Waals surface area (Å²) in [5, 5.41) is 9.13. The van der Waals surface area contributed by atoms with Gasteiger partial charge in [-0.15, -0.1) is 0 Å². The third-order valence-corrected chi connectivity index (χ3v) is 3.62. The van der Waals surface area contributed by atoms with Crippen molar-refractivity contribution in [1.82, 2.24) is 5.32 Å². The summed E-state index contributed by atoms with van der Waals surface area (Å²) < 4.78 is 0. The van der Waals surface area contributed by atoms with Gasteiger partial charge in [0, 0.05) is 28.5 Å². The van der Waals surface area contributed by atoms with Crippen molar-refractivity contribution in [2.45, 2.75) is 13.8 Å². The van der Waals surface area contributed by atoms with Crippen molar-refractivity contribution in [3.8, 4) is 0 Å². The van der Waals surface area contributed by atoms with Gasteiger partial charge in [0.05, 0.1) is 6.54 Å². The van der Waals surface area contributed by atoms with Crippen LogP contribution >= 0.6 is 11.6 Å². The highest BCUT2D eigenvalue weighted by Gasteiger charge is 2.07. The zero-order valence-corrected chi connectivity index (χ0v) is 14.4. The highest BCUT2D eigenvalue weighted by atomic mass is 35.5. The number of anilines is 2. The Morgan fingerprint density at radius 3 is 2.67 bits per heavy atom. The van der Waals surface area contributed by atoms with Crippen LogP contribution in [0.4, 0.5) is 11.4 Å². The first kappa shape index (κ1) is 17.8. The second-order valence-electron chi connectivity index (χ2n) is 5.30. The number of carbonyl (C=O) groups excluding carboxylic acids is 2. The van der Waals surface area contributed by atoms with E-state index in [2.05, 4.69) is 16.0 Å². The smallest absolute Gasteiger partial charge is 0.251 e. The highest BCUT2D eigenvalue weighted by Crippen LogP contribution is 2.20. The molecule has 0 bridgehead atoms. The Morgan fingerprint density at radius 1 is 1.12 bits per heavy atom. The third kappa shape index (κ3) is 4.99. The predicted octanol–water partition coefficient (Wildman–Crippen LogP) is 3.45. The molecule has 2 aromatic carbocycles. The van der Waals surface area contributed by atoms with Crippen molar-refractivity contribution in [1.29, 1.82) is 0 Å². The first-order valence-electron chi connectivity index (χ1n) is 7.67. The van der Waals surface area contributed by atoms with Gasteiger partial charge in [0.15, 0.2) is 0 Å². The molecule has 0 atom stereocenters. The van der Waals surface area contributed by atoms with E-state index in [-0.39, 0.29) is 18.4 Å². The maximum atomic E-state index is 12.1. The van der Waals surface area contributed by atoms with Crippen molar-refractivity contribution in [2.75, 3.05) is 23.7 Å². The normalized spacial score (nSPS) is 10.1. The average Bonchev–Trinajstić information content (AvgIpc) is 2.57. The molecule has 0 aliphatic rings. The SMILES string of the molecule is CCNC(=O)c1cccc(NCC(=O)Nc2cc(Cl)ccc2C)c1. The van der Waals surface area contributed by atoms with E-state index in [9.17, 15) is 9.59 Å². The van der Waals surface area contributed by atoms with Crippen molar-refractivity contribution < 1.29 is 9.59 Å². The summed E-state index contributed by atoms with van der Waals surface area (Å²) in [6, 6.07) is 12.4. The van der Waals surface area contributed by atoms with E-state index < -0.39 is 0 Å². The lowest BCUT2D eigenvalue weighted by Crippen LogP contribution is -2.24. The molecule has 0 spiro atoms. The van der Waals surface area contributed by atoms with Crippen molar-refractivity contribution in [2.24, 2.45) is 0 Å². The molecule has 0 aromatic heterocycles. The standard InChI is InChI=1S/C18H20ClN3O2/c1-3-20-18(24)13-5-4-6-15(9-13)21-11-17(23)22-16-10-14(19)8-7-12(16)2/h4-10,21H,3,11H2,1-2H3,(H,20,24)(H,22,23). The number of carbonyl (C=O) groups is 2. The van der Waals surface area contributed by atoms with Crippen molar-refractivity contribution >= 4 is 34.8 Å². The lowest BCUT2D eigenvalue weighted by Gasteiger charge is -2.11. The van der Waals surface area contributed by atoms with Crippen LogP contribution in [0.1, 0.15) is 22.8 Å². The molecule has 6 heteroatoms. The van der Waals surface area contributed by atoms with Crippen LogP contribution in [0.2, 0.25) is 5.02 Å². The van der Waals surface area contributed by atoms with Gasteiger partial charge in [-0.3, -0.25) is 9.59 Å². The maximum Gasteiger partial charge on any atom is 0.251 e. The fourth-order valence-electron chi connectivity index (χ4n) is 2.14. The van der Waals surface area contributed by atoms with Crippen molar-refractivity contribution in [3.63, 3.8) is 0 Å². The van der Waals surface area contributed by atoms with Crippen LogP contribution in [0.15, 0.2) is 42.5 Å². The van der Waals surface area contributed by atoms with Crippen LogP contribution in [0, 0.1) is 6.92 Å². The van der Waals surface area contributed by atoms with E-state index in [1.807, 2.05) is 19.9 Å². The Morgan fingerprint density at radius 2 is 1.92 bits per heavy atom. The Bertz CT molecular complexity index is 747. The first-order valence-corrected chi connectivity index (χ1v) is 8.05. The summed E-state index contributed by atoms with van der Waals surface area (Å²) in [5.41, 5.74) is 2.88. The summed E-state index contributed by atoms with van der Waals surface area (Å²) in [5.74, 6) is -0.330. The van der Waals surface area contributed by atoms with Crippen LogP contribution < -0.4 is 16.0 Å². The van der Waals surface area contributed by atoms with Gasteiger partial charge in [0.2, 0.25) is 5.91 Å². The number of hydrogen-bond donors (Lipinski definition) is 3. The topological polar surface area (TPSA) is 70.2 Å². The molecule has 2 amide bonds. The Hall–Kier alpha value is -2.53. The van der Waals surface area contributed by atoms with Gasteiger partial charge in [-0.05, 0) is 49.7 Å². The van der Waals surface area contributed by atoms with Crippen molar-refractivity contribution in [3.05, 3.63) is 58.6 Å². The molecule has 2 aromatic rings. The number of benzene rings is 2. The lowest BCUT2D eigenvalue weighted by molar-refractivity contribution is -0.114. The fourth-order valence-corrected chi connectivity index (χ4v) is 2.31. The molecule has 24 heavy (non-hydrogen) atoms. The zero-order valence-electron chi connectivity index (χ0n) is 13.7. The molecule has 0 heterocycles. The van der Waals surface area contributed by atoms with Gasteiger partial charge in [0.1, 0.15) is 0 Å². The van der Waals surface area contributed by atoms with Crippen LogP contribution in [0.5, 0.6) is 0 Å². The molecule has 0 aliphatic carbocycles. The van der Waals surface area contributed by atoms with Gasteiger partial charge < -0.3 is 16.0 Å². The summed E-state index contributed by atoms with van der Waals surface area (Å²) in [4.78, 5) is 23.9.